The van der Waals surface area contributed by atoms with Crippen molar-refractivity contribution in [2.45, 2.75) is 59.5 Å². The van der Waals surface area contributed by atoms with E-state index in [0.29, 0.717) is 8.10 Å². The molecule has 0 bridgehead atoms. The van der Waals surface area contributed by atoms with E-state index in [2.05, 4.69) is 116 Å². The van der Waals surface area contributed by atoms with Crippen LogP contribution >= 0.6 is 68.4 Å². The molecule has 0 aliphatic heterocycles. The first-order valence-electron chi connectivity index (χ1n) is 13.3. The van der Waals surface area contributed by atoms with Crippen LogP contribution in [-0.4, -0.2) is 19.0 Å². The molecule has 4 rings (SSSR count). The molecule has 0 spiro atoms. The minimum atomic E-state index is 0. The van der Waals surface area contributed by atoms with Crippen molar-refractivity contribution in [3.05, 3.63) is 71.0 Å². The van der Waals surface area contributed by atoms with Gasteiger partial charge >= 0.3 is 0 Å². The number of nitrogens with one attached hydrogen (secondary N) is 2. The maximum absolute atomic E-state index is 6.21. The van der Waals surface area contributed by atoms with Crippen LogP contribution in [0.4, 0.5) is 11.4 Å². The molecule has 40 heavy (non-hydrogen) atoms. The molecular formula is C30H40Cl2I2N4O2+2. The molecule has 0 saturated carbocycles. The lowest BCUT2D eigenvalue weighted by Gasteiger charge is -2.15. The molecule has 0 amide bonds. The van der Waals surface area contributed by atoms with E-state index in [-0.39, 0.29) is 11.0 Å². The number of rotatable bonds is 13. The highest BCUT2D eigenvalue weighted by atomic mass is 127. The number of fused-ring (bicyclic) bond motifs is 2. The maximum atomic E-state index is 6.21. The van der Waals surface area contributed by atoms with Crippen LogP contribution in [0.1, 0.15) is 51.4 Å². The molecule has 0 aliphatic rings. The second-order valence-electron chi connectivity index (χ2n) is 9.93. The Labute approximate surface area is 274 Å². The molecule has 10 heteroatoms. The molecule has 2 aromatic carbocycles. The number of anilines is 2. The molecule has 0 radical (unpaired) electrons. The van der Waals surface area contributed by atoms with Crippen LogP contribution in [0.15, 0.2) is 60.9 Å². The molecule has 2 heterocycles. The third-order valence-electron chi connectivity index (χ3n) is 6.98. The second-order valence-corrected chi connectivity index (χ2v) is 13.8. The summed E-state index contributed by atoms with van der Waals surface area (Å²) in [7, 11) is 4.12. The first-order valence-corrected chi connectivity index (χ1v) is 16.5. The number of benzene rings is 2. The fraction of sp³-hybridized carbons (Fsp3) is 0.400. The summed E-state index contributed by atoms with van der Waals surface area (Å²) in [6.07, 6.45) is 14.3. The van der Waals surface area contributed by atoms with Gasteiger partial charge in [-0.1, -0.05) is 107 Å². The molecule has 2 unspecified atom stereocenters. The normalized spacial score (nSPS) is 12.4. The maximum Gasteiger partial charge on any atom is 0.215 e. The van der Waals surface area contributed by atoms with Gasteiger partial charge in [-0.3, -0.25) is 0 Å². The summed E-state index contributed by atoms with van der Waals surface area (Å²) in [5, 5.41) is 11.4. The predicted octanol–water partition coefficient (Wildman–Crippen LogP) is 7.47. The van der Waals surface area contributed by atoms with Crippen LogP contribution in [0.25, 0.3) is 21.8 Å². The Kier molecular flexibility index (Phi) is 14.9. The van der Waals surface area contributed by atoms with Crippen molar-refractivity contribution in [3.8, 4) is 0 Å². The molecular weight excluding hydrogens is 773 g/mol. The zero-order valence-electron chi connectivity index (χ0n) is 23.0. The van der Waals surface area contributed by atoms with Gasteiger partial charge in [0.25, 0.3) is 0 Å². The number of halogens is 4. The molecule has 6 nitrogen and oxygen atoms in total. The second kappa shape index (κ2) is 17.1. The van der Waals surface area contributed by atoms with E-state index in [1.54, 1.807) is 0 Å². The third kappa shape index (κ3) is 9.69. The smallest absolute Gasteiger partial charge is 0.215 e. The van der Waals surface area contributed by atoms with Gasteiger partial charge in [0.15, 0.2) is 12.4 Å². The van der Waals surface area contributed by atoms with Gasteiger partial charge in [0.2, 0.25) is 11.0 Å². The van der Waals surface area contributed by atoms with Crippen molar-refractivity contribution in [2.75, 3.05) is 10.6 Å². The summed E-state index contributed by atoms with van der Waals surface area (Å²) >= 11 is 17.5. The minimum Gasteiger partial charge on any atom is -0.412 e. The lowest BCUT2D eigenvalue weighted by Crippen LogP contribution is -2.28. The molecule has 4 aromatic rings. The molecule has 218 valence electrons. The van der Waals surface area contributed by atoms with Crippen LogP contribution < -0.4 is 19.8 Å². The summed E-state index contributed by atoms with van der Waals surface area (Å²) in [4.78, 5) is 0. The number of nitrogens with zero attached hydrogens (tertiary/aromatic N) is 2. The molecule has 6 N–H and O–H groups in total. The van der Waals surface area contributed by atoms with Crippen LogP contribution in [-0.2, 0) is 14.1 Å². The highest BCUT2D eigenvalue weighted by Crippen LogP contribution is 2.27. The van der Waals surface area contributed by atoms with E-state index in [0.717, 1.165) is 21.1 Å². The monoisotopic (exact) mass is 812 g/mol. The predicted molar refractivity (Wildman–Crippen MR) is 187 cm³/mol. The van der Waals surface area contributed by atoms with Gasteiger partial charge in [0.1, 0.15) is 14.1 Å². The number of hydrogen-bond donors (Lipinski definition) is 2. The van der Waals surface area contributed by atoms with Crippen LogP contribution in [0.2, 0.25) is 10.0 Å². The number of alkyl halides is 2. The molecule has 2 aromatic heterocycles. The standard InChI is InChI=1S/C30H34Cl2I2N4.2H2O/c1-37-17-15-25(23-13-11-21(31)19-27(23)37)35-29(33)9-7-5-3-4-6-8-10-30(34)36-26-16-18-38(2)28-20-22(32)12-14-24(26)28;;/h11-20,29-30H,3-10H2,1-2H3;2*1H2/p+2. The number of aryl methyl sites for hydroxylation is 2. The van der Waals surface area contributed by atoms with Gasteiger partial charge < -0.3 is 21.6 Å². The fourth-order valence-corrected chi connectivity index (χ4v) is 6.73. The first-order chi connectivity index (χ1) is 18.3. The SMILES string of the molecule is C[n+]1ccc(NC(I)CCCCCCCCC(I)Nc2cc[n+](C)c3cc(Cl)ccc23)c2ccc(Cl)cc21.O.O. The number of unbranched alkanes of at least 4 members (excludes halogenated alkanes) is 5. The van der Waals surface area contributed by atoms with E-state index in [1.807, 2.05) is 24.3 Å². The van der Waals surface area contributed by atoms with Crippen molar-refractivity contribution >= 4 is 102 Å². The zero-order chi connectivity index (χ0) is 27.1. The molecule has 0 saturated heterocycles. The Bertz CT molecular complexity index is 1290. The Morgan fingerprint density at radius 3 is 1.40 bits per heavy atom. The van der Waals surface area contributed by atoms with Crippen molar-refractivity contribution in [2.24, 2.45) is 14.1 Å². The van der Waals surface area contributed by atoms with Gasteiger partial charge in [-0.25, -0.2) is 9.13 Å². The topological polar surface area (TPSA) is 94.8 Å². The van der Waals surface area contributed by atoms with Crippen molar-refractivity contribution < 1.29 is 20.1 Å². The average Bonchev–Trinajstić information content (AvgIpc) is 2.89. The lowest BCUT2D eigenvalue weighted by atomic mass is 10.1. The summed E-state index contributed by atoms with van der Waals surface area (Å²) in [6, 6.07) is 16.5. The Morgan fingerprint density at radius 1 is 0.625 bits per heavy atom. The fourth-order valence-electron chi connectivity index (χ4n) is 4.85. The Balaban J connectivity index is 0.00000280. The summed E-state index contributed by atoms with van der Waals surface area (Å²) in [5.41, 5.74) is 4.65. The third-order valence-corrected chi connectivity index (χ3v) is 9.32. The number of pyridine rings is 2. The van der Waals surface area contributed by atoms with E-state index in [1.165, 1.54) is 73.5 Å². The molecule has 0 aliphatic carbocycles. The molecule has 2 atom stereocenters. The van der Waals surface area contributed by atoms with Gasteiger partial charge in [-0.05, 0) is 37.1 Å². The Morgan fingerprint density at radius 2 is 1.00 bits per heavy atom. The van der Waals surface area contributed by atoms with Gasteiger partial charge in [-0.2, -0.15) is 0 Å². The number of hydrogen-bond acceptors (Lipinski definition) is 2. The first kappa shape index (κ1) is 35.0. The quantitative estimate of drug-likeness (QED) is 0.0483. The summed E-state index contributed by atoms with van der Waals surface area (Å²) in [5.74, 6) is 0. The zero-order valence-corrected chi connectivity index (χ0v) is 28.8. The van der Waals surface area contributed by atoms with E-state index in [4.69, 9.17) is 23.2 Å². The van der Waals surface area contributed by atoms with Crippen LogP contribution in [0, 0.1) is 0 Å². The molecule has 0 fully saturated rings. The van der Waals surface area contributed by atoms with E-state index >= 15 is 0 Å². The van der Waals surface area contributed by atoms with Crippen LogP contribution in [0.3, 0.4) is 0 Å². The summed E-state index contributed by atoms with van der Waals surface area (Å²) in [6.45, 7) is 0. The largest absolute Gasteiger partial charge is 0.412 e. The van der Waals surface area contributed by atoms with Crippen molar-refractivity contribution in [1.82, 2.24) is 0 Å². The van der Waals surface area contributed by atoms with Crippen LogP contribution in [0.5, 0.6) is 0 Å². The number of aromatic nitrogens is 2. The highest BCUT2D eigenvalue weighted by molar-refractivity contribution is 14.1. The van der Waals surface area contributed by atoms with E-state index in [9.17, 15) is 0 Å². The van der Waals surface area contributed by atoms with Crippen molar-refractivity contribution in [1.29, 1.82) is 0 Å². The average molecular weight is 813 g/mol. The van der Waals surface area contributed by atoms with Gasteiger partial charge in [-0.15, -0.1) is 0 Å². The van der Waals surface area contributed by atoms with Gasteiger partial charge in [0.05, 0.1) is 30.2 Å². The lowest BCUT2D eigenvalue weighted by molar-refractivity contribution is -0.644. The summed E-state index contributed by atoms with van der Waals surface area (Å²) < 4.78 is 5.06. The highest BCUT2D eigenvalue weighted by Gasteiger charge is 2.14. The van der Waals surface area contributed by atoms with Crippen molar-refractivity contribution in [3.63, 3.8) is 0 Å². The van der Waals surface area contributed by atoms with E-state index < -0.39 is 0 Å². The minimum absolute atomic E-state index is 0. The Hall–Kier alpha value is -1.18. The van der Waals surface area contributed by atoms with Gasteiger partial charge in [0, 0.05) is 34.3 Å².